The highest BCUT2D eigenvalue weighted by molar-refractivity contribution is 9.10. The SMILES string of the molecule is Cc1cc(Br)ccc1-n1nc(-c2ccccc2)c(C)c1Cl. The minimum atomic E-state index is 0.652. The molecule has 3 aromatic rings. The van der Waals surface area contributed by atoms with E-state index in [-0.39, 0.29) is 0 Å². The van der Waals surface area contributed by atoms with Crippen LogP contribution in [0.4, 0.5) is 0 Å². The molecule has 2 aromatic carbocycles. The highest BCUT2D eigenvalue weighted by Crippen LogP contribution is 2.31. The molecule has 4 heteroatoms. The fourth-order valence-electron chi connectivity index (χ4n) is 2.36. The number of halogens is 2. The summed E-state index contributed by atoms with van der Waals surface area (Å²) in [6.45, 7) is 4.05. The molecule has 106 valence electrons. The van der Waals surface area contributed by atoms with Gasteiger partial charge in [0.1, 0.15) is 5.15 Å². The van der Waals surface area contributed by atoms with Crippen molar-refractivity contribution in [3.8, 4) is 16.9 Å². The Labute approximate surface area is 137 Å². The second-order valence-electron chi connectivity index (χ2n) is 4.97. The lowest BCUT2D eigenvalue weighted by Gasteiger charge is -2.07. The molecule has 0 amide bonds. The zero-order chi connectivity index (χ0) is 15.0. The van der Waals surface area contributed by atoms with Gasteiger partial charge in [-0.2, -0.15) is 5.10 Å². The average molecular weight is 362 g/mol. The van der Waals surface area contributed by atoms with E-state index in [1.807, 2.05) is 49.4 Å². The molecule has 0 atom stereocenters. The zero-order valence-electron chi connectivity index (χ0n) is 11.8. The molecule has 0 saturated heterocycles. The van der Waals surface area contributed by atoms with Gasteiger partial charge >= 0.3 is 0 Å². The third kappa shape index (κ3) is 2.63. The van der Waals surface area contributed by atoms with Crippen LogP contribution in [0.1, 0.15) is 11.1 Å². The smallest absolute Gasteiger partial charge is 0.136 e. The lowest BCUT2D eigenvalue weighted by Crippen LogP contribution is -1.99. The van der Waals surface area contributed by atoms with Crippen LogP contribution in [0.5, 0.6) is 0 Å². The van der Waals surface area contributed by atoms with Crippen LogP contribution in [-0.2, 0) is 0 Å². The molecule has 0 aliphatic carbocycles. The van der Waals surface area contributed by atoms with Gasteiger partial charge in [0.2, 0.25) is 0 Å². The number of nitrogens with zero attached hydrogens (tertiary/aromatic N) is 2. The van der Waals surface area contributed by atoms with Crippen LogP contribution >= 0.6 is 27.5 Å². The van der Waals surface area contributed by atoms with E-state index in [0.29, 0.717) is 5.15 Å². The van der Waals surface area contributed by atoms with Gasteiger partial charge in [0.15, 0.2) is 0 Å². The second-order valence-corrected chi connectivity index (χ2v) is 6.25. The van der Waals surface area contributed by atoms with Crippen LogP contribution in [-0.4, -0.2) is 9.78 Å². The maximum Gasteiger partial charge on any atom is 0.136 e. The summed E-state index contributed by atoms with van der Waals surface area (Å²) < 4.78 is 2.85. The summed E-state index contributed by atoms with van der Waals surface area (Å²) in [7, 11) is 0. The van der Waals surface area contributed by atoms with Crippen molar-refractivity contribution in [2.24, 2.45) is 0 Å². The molecule has 0 bridgehead atoms. The van der Waals surface area contributed by atoms with Crippen molar-refractivity contribution in [3.05, 3.63) is 69.3 Å². The average Bonchev–Trinajstić information content (AvgIpc) is 2.77. The molecule has 0 spiro atoms. The van der Waals surface area contributed by atoms with Gasteiger partial charge in [0.25, 0.3) is 0 Å². The maximum absolute atomic E-state index is 6.50. The van der Waals surface area contributed by atoms with Gasteiger partial charge in [0, 0.05) is 15.6 Å². The summed E-state index contributed by atoms with van der Waals surface area (Å²) in [6, 6.07) is 16.2. The molecule has 0 radical (unpaired) electrons. The van der Waals surface area contributed by atoms with Gasteiger partial charge in [0.05, 0.1) is 11.4 Å². The number of hydrogen-bond donors (Lipinski definition) is 0. The maximum atomic E-state index is 6.50. The largest absolute Gasteiger partial charge is 0.221 e. The first-order valence-electron chi connectivity index (χ1n) is 6.65. The predicted octanol–water partition coefficient (Wildman–Crippen LogP) is 5.57. The highest BCUT2D eigenvalue weighted by Gasteiger charge is 2.16. The van der Waals surface area contributed by atoms with Crippen LogP contribution in [0.25, 0.3) is 16.9 Å². The van der Waals surface area contributed by atoms with E-state index in [1.54, 1.807) is 4.68 Å². The van der Waals surface area contributed by atoms with E-state index in [9.17, 15) is 0 Å². The lowest BCUT2D eigenvalue weighted by molar-refractivity contribution is 0.876. The molecular formula is C17H14BrClN2. The highest BCUT2D eigenvalue weighted by atomic mass is 79.9. The van der Waals surface area contributed by atoms with Crippen LogP contribution < -0.4 is 0 Å². The molecule has 1 heterocycles. The number of hydrogen-bond acceptors (Lipinski definition) is 1. The van der Waals surface area contributed by atoms with E-state index < -0.39 is 0 Å². The molecule has 0 unspecified atom stereocenters. The van der Waals surface area contributed by atoms with E-state index in [2.05, 4.69) is 28.9 Å². The van der Waals surface area contributed by atoms with Crippen molar-refractivity contribution < 1.29 is 0 Å². The first-order valence-corrected chi connectivity index (χ1v) is 7.82. The number of aromatic nitrogens is 2. The first-order chi connectivity index (χ1) is 10.1. The third-order valence-electron chi connectivity index (χ3n) is 3.48. The molecule has 21 heavy (non-hydrogen) atoms. The van der Waals surface area contributed by atoms with Crippen LogP contribution in [0.3, 0.4) is 0 Å². The number of rotatable bonds is 2. The summed E-state index contributed by atoms with van der Waals surface area (Å²) in [4.78, 5) is 0. The van der Waals surface area contributed by atoms with Gasteiger partial charge in [-0.25, -0.2) is 4.68 Å². The van der Waals surface area contributed by atoms with Crippen molar-refractivity contribution in [2.45, 2.75) is 13.8 Å². The quantitative estimate of drug-likeness (QED) is 0.583. The lowest BCUT2D eigenvalue weighted by atomic mass is 10.1. The summed E-state index contributed by atoms with van der Waals surface area (Å²) in [5, 5.41) is 5.36. The summed E-state index contributed by atoms with van der Waals surface area (Å²) >= 11 is 9.98. The normalized spacial score (nSPS) is 10.9. The molecule has 3 rings (SSSR count). The molecule has 0 N–H and O–H groups in total. The van der Waals surface area contributed by atoms with Crippen molar-refractivity contribution >= 4 is 27.5 Å². The summed E-state index contributed by atoms with van der Waals surface area (Å²) in [5.41, 5.74) is 5.10. The Balaban J connectivity index is 2.17. The first kappa shape index (κ1) is 14.4. The molecule has 0 fully saturated rings. The monoisotopic (exact) mass is 360 g/mol. The minimum Gasteiger partial charge on any atom is -0.221 e. The Morgan fingerprint density at radius 1 is 1.05 bits per heavy atom. The van der Waals surface area contributed by atoms with Gasteiger partial charge in [-0.05, 0) is 37.6 Å². The Kier molecular flexibility index (Phi) is 3.87. The van der Waals surface area contributed by atoms with Crippen molar-refractivity contribution in [3.63, 3.8) is 0 Å². The second kappa shape index (κ2) is 5.66. The van der Waals surface area contributed by atoms with E-state index in [4.69, 9.17) is 16.7 Å². The van der Waals surface area contributed by atoms with Crippen molar-refractivity contribution in [1.29, 1.82) is 0 Å². The molecule has 0 saturated carbocycles. The topological polar surface area (TPSA) is 17.8 Å². The van der Waals surface area contributed by atoms with Gasteiger partial charge in [-0.15, -0.1) is 0 Å². The Morgan fingerprint density at radius 3 is 2.43 bits per heavy atom. The Bertz CT molecular complexity index is 794. The third-order valence-corrected chi connectivity index (χ3v) is 4.42. The fourth-order valence-corrected chi connectivity index (χ4v) is 3.06. The molecule has 2 nitrogen and oxygen atoms in total. The van der Waals surface area contributed by atoms with Crippen LogP contribution in [0.2, 0.25) is 5.15 Å². The Hall–Kier alpha value is -1.58. The van der Waals surface area contributed by atoms with E-state index in [1.165, 1.54) is 0 Å². The van der Waals surface area contributed by atoms with Gasteiger partial charge < -0.3 is 0 Å². The fraction of sp³-hybridized carbons (Fsp3) is 0.118. The minimum absolute atomic E-state index is 0.652. The molecule has 1 aromatic heterocycles. The predicted molar refractivity (Wildman–Crippen MR) is 91.2 cm³/mol. The number of aryl methyl sites for hydroxylation is 1. The van der Waals surface area contributed by atoms with Crippen LogP contribution in [0.15, 0.2) is 53.0 Å². The molecule has 0 aliphatic rings. The Morgan fingerprint density at radius 2 is 1.76 bits per heavy atom. The summed E-state index contributed by atoms with van der Waals surface area (Å²) in [6.07, 6.45) is 0. The summed E-state index contributed by atoms with van der Waals surface area (Å²) in [5.74, 6) is 0. The van der Waals surface area contributed by atoms with Crippen molar-refractivity contribution in [1.82, 2.24) is 9.78 Å². The van der Waals surface area contributed by atoms with Crippen molar-refractivity contribution in [2.75, 3.05) is 0 Å². The van der Waals surface area contributed by atoms with Crippen LogP contribution in [0, 0.1) is 13.8 Å². The van der Waals surface area contributed by atoms with Gasteiger partial charge in [-0.3, -0.25) is 0 Å². The molecular weight excluding hydrogens is 348 g/mol. The molecule has 0 aliphatic heterocycles. The van der Waals surface area contributed by atoms with Gasteiger partial charge in [-0.1, -0.05) is 57.9 Å². The standard InChI is InChI=1S/C17H14BrClN2/c1-11-10-14(18)8-9-15(11)21-17(19)12(2)16(20-21)13-6-4-3-5-7-13/h3-10H,1-2H3. The zero-order valence-corrected chi connectivity index (χ0v) is 14.1. The van der Waals surface area contributed by atoms with E-state index in [0.717, 1.165) is 32.5 Å². The van der Waals surface area contributed by atoms with E-state index >= 15 is 0 Å². The number of benzene rings is 2.